The Kier molecular flexibility index (Phi) is 7.70. The lowest BCUT2D eigenvalue weighted by atomic mass is 10.0. The third-order valence-electron chi connectivity index (χ3n) is 4.30. The van der Waals surface area contributed by atoms with Crippen LogP contribution in [0, 0.1) is 5.92 Å². The van der Waals surface area contributed by atoms with Crippen molar-refractivity contribution in [2.24, 2.45) is 5.92 Å². The summed E-state index contributed by atoms with van der Waals surface area (Å²) < 4.78 is 10.5. The lowest BCUT2D eigenvalue weighted by Crippen LogP contribution is -2.49. The van der Waals surface area contributed by atoms with Crippen molar-refractivity contribution < 1.29 is 19.1 Å². The molecule has 0 bridgehead atoms. The molecule has 0 aliphatic heterocycles. The molecule has 0 spiro atoms. The summed E-state index contributed by atoms with van der Waals surface area (Å²) in [6.07, 6.45) is 0. The Hall–Kier alpha value is -2.73. The first kappa shape index (κ1) is 21.6. The van der Waals surface area contributed by atoms with Crippen molar-refractivity contribution in [3.63, 3.8) is 0 Å². The number of methoxy groups -OCH3 is 2. The maximum Gasteiger partial charge on any atom is 0.253 e. The maximum absolute atomic E-state index is 12.7. The van der Waals surface area contributed by atoms with E-state index in [0.717, 1.165) is 5.56 Å². The third-order valence-corrected chi connectivity index (χ3v) is 4.63. The molecule has 7 heteroatoms. The van der Waals surface area contributed by atoms with Gasteiger partial charge in [-0.3, -0.25) is 9.59 Å². The first-order valence-corrected chi connectivity index (χ1v) is 9.29. The minimum Gasteiger partial charge on any atom is -0.497 e. The van der Waals surface area contributed by atoms with Crippen LogP contribution in [-0.2, 0) is 11.3 Å². The number of ether oxygens (including phenoxy) is 2. The molecule has 28 heavy (non-hydrogen) atoms. The highest BCUT2D eigenvalue weighted by atomic mass is 35.5. The Labute approximate surface area is 170 Å². The van der Waals surface area contributed by atoms with Crippen LogP contribution in [0.2, 0.25) is 5.02 Å². The highest BCUT2D eigenvalue weighted by Crippen LogP contribution is 2.24. The van der Waals surface area contributed by atoms with Gasteiger partial charge in [-0.25, -0.2) is 0 Å². The summed E-state index contributed by atoms with van der Waals surface area (Å²) in [6, 6.07) is 11.4. The molecule has 0 aromatic heterocycles. The van der Waals surface area contributed by atoms with E-state index in [-0.39, 0.29) is 24.3 Å². The summed E-state index contributed by atoms with van der Waals surface area (Å²) in [7, 11) is 3.13. The molecule has 6 nitrogen and oxygen atoms in total. The van der Waals surface area contributed by atoms with Crippen molar-refractivity contribution in [2.45, 2.75) is 26.4 Å². The van der Waals surface area contributed by atoms with Gasteiger partial charge in [-0.2, -0.15) is 0 Å². The van der Waals surface area contributed by atoms with E-state index in [1.807, 2.05) is 19.9 Å². The summed E-state index contributed by atoms with van der Waals surface area (Å²) in [4.78, 5) is 25.2. The van der Waals surface area contributed by atoms with E-state index in [9.17, 15) is 9.59 Å². The van der Waals surface area contributed by atoms with Crippen LogP contribution in [-0.4, -0.2) is 32.1 Å². The standard InChI is InChI=1S/C21H25ClN2O4/c1-13(2)19(24-20(25)16-7-5-6-8-17(16)22)21(26)23-12-14-9-10-15(27-3)11-18(14)28-4/h5-11,13,19H,12H2,1-4H3,(H,23,26)(H,24,25). The van der Waals surface area contributed by atoms with E-state index in [2.05, 4.69) is 10.6 Å². The molecule has 150 valence electrons. The zero-order valence-electron chi connectivity index (χ0n) is 16.4. The van der Waals surface area contributed by atoms with E-state index in [1.165, 1.54) is 0 Å². The first-order valence-electron chi connectivity index (χ1n) is 8.91. The Morgan fingerprint density at radius 2 is 1.79 bits per heavy atom. The van der Waals surface area contributed by atoms with Crippen LogP contribution in [0.25, 0.3) is 0 Å². The van der Waals surface area contributed by atoms with Gasteiger partial charge in [0.1, 0.15) is 17.5 Å². The van der Waals surface area contributed by atoms with Gasteiger partial charge in [-0.05, 0) is 30.2 Å². The second kappa shape index (κ2) is 9.99. The Morgan fingerprint density at radius 1 is 1.07 bits per heavy atom. The summed E-state index contributed by atoms with van der Waals surface area (Å²) in [5, 5.41) is 5.97. The van der Waals surface area contributed by atoms with Crippen LogP contribution in [0.15, 0.2) is 42.5 Å². The molecule has 2 N–H and O–H groups in total. The fraction of sp³-hybridized carbons (Fsp3) is 0.333. The van der Waals surface area contributed by atoms with Crippen molar-refractivity contribution in [2.75, 3.05) is 14.2 Å². The number of rotatable bonds is 8. The lowest BCUT2D eigenvalue weighted by Gasteiger charge is -2.22. The predicted octanol–water partition coefficient (Wildman–Crippen LogP) is 3.43. The lowest BCUT2D eigenvalue weighted by molar-refractivity contribution is -0.124. The topological polar surface area (TPSA) is 76.7 Å². The third kappa shape index (κ3) is 5.39. The average molecular weight is 405 g/mol. The molecule has 0 heterocycles. The molecule has 2 rings (SSSR count). The van der Waals surface area contributed by atoms with Crippen molar-refractivity contribution in [1.82, 2.24) is 10.6 Å². The highest BCUT2D eigenvalue weighted by molar-refractivity contribution is 6.33. The molecule has 1 unspecified atom stereocenters. The highest BCUT2D eigenvalue weighted by Gasteiger charge is 2.25. The van der Waals surface area contributed by atoms with Gasteiger partial charge in [0.2, 0.25) is 5.91 Å². The number of benzene rings is 2. The minimum atomic E-state index is -0.701. The summed E-state index contributed by atoms with van der Waals surface area (Å²) in [5.74, 6) is 0.499. The molecular formula is C21H25ClN2O4. The van der Waals surface area contributed by atoms with Gasteiger partial charge in [-0.1, -0.05) is 37.6 Å². The molecule has 0 saturated heterocycles. The van der Waals surface area contributed by atoms with Gasteiger partial charge in [0.25, 0.3) is 5.91 Å². The van der Waals surface area contributed by atoms with Crippen LogP contribution in [0.1, 0.15) is 29.8 Å². The van der Waals surface area contributed by atoms with E-state index >= 15 is 0 Å². The number of hydrogen-bond donors (Lipinski definition) is 2. The van der Waals surface area contributed by atoms with Gasteiger partial charge in [0, 0.05) is 18.2 Å². The van der Waals surface area contributed by atoms with Crippen LogP contribution < -0.4 is 20.1 Å². The summed E-state index contributed by atoms with van der Waals surface area (Å²) >= 11 is 6.08. The first-order chi connectivity index (χ1) is 13.4. The van der Waals surface area contributed by atoms with Gasteiger partial charge >= 0.3 is 0 Å². The Bertz CT molecular complexity index is 839. The summed E-state index contributed by atoms with van der Waals surface area (Å²) in [5.41, 5.74) is 1.14. The van der Waals surface area contributed by atoms with Crippen molar-refractivity contribution in [3.05, 3.63) is 58.6 Å². The molecule has 2 aromatic rings. The zero-order chi connectivity index (χ0) is 20.7. The number of amides is 2. The quantitative estimate of drug-likeness (QED) is 0.706. The number of carbonyl (C=O) groups is 2. The Morgan fingerprint density at radius 3 is 2.39 bits per heavy atom. The SMILES string of the molecule is COc1ccc(CNC(=O)C(NC(=O)c2ccccc2Cl)C(C)C)c(OC)c1. The van der Waals surface area contributed by atoms with E-state index < -0.39 is 6.04 Å². The van der Waals surface area contributed by atoms with Crippen molar-refractivity contribution >= 4 is 23.4 Å². The van der Waals surface area contributed by atoms with E-state index in [4.69, 9.17) is 21.1 Å². The molecule has 0 fully saturated rings. The smallest absolute Gasteiger partial charge is 0.253 e. The Balaban J connectivity index is 2.07. The van der Waals surface area contributed by atoms with Crippen molar-refractivity contribution in [1.29, 1.82) is 0 Å². The largest absolute Gasteiger partial charge is 0.497 e. The van der Waals surface area contributed by atoms with Gasteiger partial charge in [0.05, 0.1) is 24.8 Å². The van der Waals surface area contributed by atoms with E-state index in [1.54, 1.807) is 50.6 Å². The fourth-order valence-corrected chi connectivity index (χ4v) is 2.91. The summed E-state index contributed by atoms with van der Waals surface area (Å²) in [6.45, 7) is 3.99. The average Bonchev–Trinajstić information content (AvgIpc) is 2.69. The van der Waals surface area contributed by atoms with E-state index in [0.29, 0.717) is 22.1 Å². The minimum absolute atomic E-state index is 0.107. The predicted molar refractivity (Wildman–Crippen MR) is 109 cm³/mol. The molecular weight excluding hydrogens is 380 g/mol. The monoisotopic (exact) mass is 404 g/mol. The van der Waals surface area contributed by atoms with Crippen LogP contribution in [0.3, 0.4) is 0 Å². The molecule has 0 saturated carbocycles. The van der Waals surface area contributed by atoms with Crippen LogP contribution in [0.5, 0.6) is 11.5 Å². The molecule has 2 aromatic carbocycles. The number of hydrogen-bond acceptors (Lipinski definition) is 4. The molecule has 0 aliphatic carbocycles. The van der Waals surface area contributed by atoms with Crippen LogP contribution >= 0.6 is 11.6 Å². The number of nitrogens with one attached hydrogen (secondary N) is 2. The molecule has 0 aliphatic rings. The molecule has 0 radical (unpaired) electrons. The number of carbonyl (C=O) groups excluding carboxylic acids is 2. The normalized spacial score (nSPS) is 11.6. The maximum atomic E-state index is 12.7. The molecule has 2 amide bonds. The number of halogens is 1. The van der Waals surface area contributed by atoms with Gasteiger partial charge in [-0.15, -0.1) is 0 Å². The second-order valence-electron chi connectivity index (χ2n) is 6.57. The molecule has 1 atom stereocenters. The van der Waals surface area contributed by atoms with Crippen molar-refractivity contribution in [3.8, 4) is 11.5 Å². The zero-order valence-corrected chi connectivity index (χ0v) is 17.2. The van der Waals surface area contributed by atoms with Crippen LogP contribution in [0.4, 0.5) is 0 Å². The fourth-order valence-electron chi connectivity index (χ4n) is 2.69. The van der Waals surface area contributed by atoms with Gasteiger partial charge in [0.15, 0.2) is 0 Å². The second-order valence-corrected chi connectivity index (χ2v) is 6.98. The van der Waals surface area contributed by atoms with Gasteiger partial charge < -0.3 is 20.1 Å².